The van der Waals surface area contributed by atoms with E-state index in [0.717, 1.165) is 12.0 Å². The summed E-state index contributed by atoms with van der Waals surface area (Å²) in [5.41, 5.74) is 0. The van der Waals surface area contributed by atoms with Crippen LogP contribution in [0.4, 0.5) is 0 Å². The van der Waals surface area contributed by atoms with Crippen molar-refractivity contribution in [1.29, 1.82) is 0 Å². The molecule has 1 N–H and O–H groups in total. The summed E-state index contributed by atoms with van der Waals surface area (Å²) in [5, 5.41) is 3.59. The lowest BCUT2D eigenvalue weighted by Crippen LogP contribution is -2.47. The second-order valence-electron chi connectivity index (χ2n) is 6.31. The molecular weight excluding hydrogens is 222 g/mol. The molecule has 2 heterocycles. The van der Waals surface area contributed by atoms with E-state index in [0.29, 0.717) is 0 Å². The van der Waals surface area contributed by atoms with E-state index in [1.807, 2.05) is 0 Å². The van der Waals surface area contributed by atoms with Crippen LogP contribution in [-0.2, 0) is 0 Å². The molecule has 2 rings (SSSR count). The van der Waals surface area contributed by atoms with Gasteiger partial charge < -0.3 is 10.2 Å². The van der Waals surface area contributed by atoms with Crippen molar-refractivity contribution in [2.24, 2.45) is 5.92 Å². The lowest BCUT2D eigenvalue weighted by Gasteiger charge is -2.35. The zero-order valence-corrected chi connectivity index (χ0v) is 12.3. The molecule has 0 bridgehead atoms. The van der Waals surface area contributed by atoms with Gasteiger partial charge in [0.15, 0.2) is 0 Å². The van der Waals surface area contributed by atoms with Gasteiger partial charge in [0, 0.05) is 25.7 Å². The van der Waals surface area contributed by atoms with E-state index in [9.17, 15) is 0 Å². The first-order chi connectivity index (χ1) is 8.77. The van der Waals surface area contributed by atoms with E-state index in [1.54, 1.807) is 0 Å². The van der Waals surface area contributed by atoms with Gasteiger partial charge in [-0.25, -0.2) is 0 Å². The normalized spacial score (nSPS) is 28.5. The zero-order chi connectivity index (χ0) is 12.8. The average Bonchev–Trinajstić information content (AvgIpc) is 2.63. The molecule has 18 heavy (non-hydrogen) atoms. The molecule has 0 radical (unpaired) electrons. The molecule has 0 saturated carbocycles. The molecule has 106 valence electrons. The molecule has 0 aromatic carbocycles. The maximum absolute atomic E-state index is 3.59. The van der Waals surface area contributed by atoms with Crippen LogP contribution >= 0.6 is 0 Å². The average molecular weight is 253 g/mol. The molecule has 1 unspecified atom stereocenters. The summed E-state index contributed by atoms with van der Waals surface area (Å²) in [6.07, 6.45) is 5.58. The highest BCUT2D eigenvalue weighted by atomic mass is 15.2. The van der Waals surface area contributed by atoms with Gasteiger partial charge in [-0.1, -0.05) is 20.3 Å². The lowest BCUT2D eigenvalue weighted by atomic mass is 10.0. The van der Waals surface area contributed by atoms with Gasteiger partial charge >= 0.3 is 0 Å². The van der Waals surface area contributed by atoms with Crippen LogP contribution in [0, 0.1) is 5.92 Å². The lowest BCUT2D eigenvalue weighted by molar-refractivity contribution is 0.131. The van der Waals surface area contributed by atoms with Gasteiger partial charge in [-0.05, 0) is 51.4 Å². The van der Waals surface area contributed by atoms with Crippen molar-refractivity contribution in [3.63, 3.8) is 0 Å². The largest absolute Gasteiger partial charge is 0.315 e. The third-order valence-electron chi connectivity index (χ3n) is 4.54. The number of likely N-dealkylation sites (tertiary alicyclic amines) is 1. The van der Waals surface area contributed by atoms with E-state index in [2.05, 4.69) is 29.0 Å². The maximum atomic E-state index is 3.59. The fourth-order valence-electron chi connectivity index (χ4n) is 3.34. The van der Waals surface area contributed by atoms with Crippen molar-refractivity contribution in [3.8, 4) is 0 Å². The minimum Gasteiger partial charge on any atom is -0.315 e. The van der Waals surface area contributed by atoms with Crippen molar-refractivity contribution in [1.82, 2.24) is 15.1 Å². The van der Waals surface area contributed by atoms with Gasteiger partial charge in [-0.15, -0.1) is 0 Å². The van der Waals surface area contributed by atoms with Crippen LogP contribution in [0.1, 0.15) is 39.5 Å². The van der Waals surface area contributed by atoms with Gasteiger partial charge in [-0.2, -0.15) is 0 Å². The van der Waals surface area contributed by atoms with Gasteiger partial charge in [0.25, 0.3) is 0 Å². The number of hydrogen-bond donors (Lipinski definition) is 1. The first-order valence-electron chi connectivity index (χ1n) is 7.94. The molecule has 0 aliphatic carbocycles. The predicted octanol–water partition coefficient (Wildman–Crippen LogP) is 1.79. The summed E-state index contributed by atoms with van der Waals surface area (Å²) in [6.45, 7) is 13.6. The Bertz CT molecular complexity index is 224. The summed E-state index contributed by atoms with van der Waals surface area (Å²) >= 11 is 0. The molecule has 3 nitrogen and oxygen atoms in total. The summed E-state index contributed by atoms with van der Waals surface area (Å²) in [4.78, 5) is 5.40. The predicted molar refractivity (Wildman–Crippen MR) is 78.0 cm³/mol. The summed E-state index contributed by atoms with van der Waals surface area (Å²) < 4.78 is 0. The van der Waals surface area contributed by atoms with Crippen LogP contribution in [-0.4, -0.2) is 61.7 Å². The van der Waals surface area contributed by atoms with Crippen LogP contribution in [0.2, 0.25) is 0 Å². The molecule has 0 amide bonds. The second kappa shape index (κ2) is 7.46. The van der Waals surface area contributed by atoms with Crippen LogP contribution in [0.3, 0.4) is 0 Å². The fourth-order valence-corrected chi connectivity index (χ4v) is 3.34. The van der Waals surface area contributed by atoms with E-state index in [4.69, 9.17) is 0 Å². The van der Waals surface area contributed by atoms with Crippen LogP contribution < -0.4 is 5.32 Å². The van der Waals surface area contributed by atoms with Crippen LogP contribution in [0.15, 0.2) is 0 Å². The highest BCUT2D eigenvalue weighted by Gasteiger charge is 2.23. The molecule has 3 heteroatoms. The molecular formula is C15H31N3. The van der Waals surface area contributed by atoms with E-state index in [-0.39, 0.29) is 0 Å². The van der Waals surface area contributed by atoms with Gasteiger partial charge in [0.1, 0.15) is 0 Å². The smallest absolute Gasteiger partial charge is 0.0244 e. The van der Waals surface area contributed by atoms with Gasteiger partial charge in [-0.3, -0.25) is 4.90 Å². The minimum atomic E-state index is 0.734. The van der Waals surface area contributed by atoms with Crippen LogP contribution in [0.25, 0.3) is 0 Å². The highest BCUT2D eigenvalue weighted by Crippen LogP contribution is 2.14. The second-order valence-corrected chi connectivity index (χ2v) is 6.31. The zero-order valence-electron chi connectivity index (χ0n) is 12.3. The number of piperidine rings is 1. The first kappa shape index (κ1) is 14.3. The SMILES string of the molecule is CC(C)C1CNCCCN1CCN1CCCCC1. The molecule has 1 atom stereocenters. The Hall–Kier alpha value is -0.120. The topological polar surface area (TPSA) is 18.5 Å². The molecule has 0 aromatic heterocycles. The summed E-state index contributed by atoms with van der Waals surface area (Å²) in [6, 6.07) is 0.734. The fraction of sp³-hybridized carbons (Fsp3) is 1.00. The Labute approximate surface area is 113 Å². The monoisotopic (exact) mass is 253 g/mol. The standard InChI is InChI=1S/C15H31N3/c1-14(2)15-13-16-7-6-10-18(15)12-11-17-8-4-3-5-9-17/h14-16H,3-13H2,1-2H3. The summed E-state index contributed by atoms with van der Waals surface area (Å²) in [7, 11) is 0. The van der Waals surface area contributed by atoms with Crippen molar-refractivity contribution < 1.29 is 0 Å². The number of nitrogens with one attached hydrogen (secondary N) is 1. The molecule has 2 aliphatic heterocycles. The van der Waals surface area contributed by atoms with E-state index < -0.39 is 0 Å². The molecule has 2 saturated heterocycles. The molecule has 2 fully saturated rings. The van der Waals surface area contributed by atoms with Crippen molar-refractivity contribution in [2.45, 2.75) is 45.6 Å². The Morgan fingerprint density at radius 2 is 1.78 bits per heavy atom. The van der Waals surface area contributed by atoms with Crippen molar-refractivity contribution in [2.75, 3.05) is 45.8 Å². The highest BCUT2D eigenvalue weighted by molar-refractivity contribution is 4.81. The maximum Gasteiger partial charge on any atom is 0.0244 e. The Balaban J connectivity index is 1.80. The summed E-state index contributed by atoms with van der Waals surface area (Å²) in [5.74, 6) is 0.761. The number of hydrogen-bond acceptors (Lipinski definition) is 3. The quantitative estimate of drug-likeness (QED) is 0.824. The Morgan fingerprint density at radius 1 is 1.00 bits per heavy atom. The minimum absolute atomic E-state index is 0.734. The first-order valence-corrected chi connectivity index (χ1v) is 7.94. The van der Waals surface area contributed by atoms with Crippen molar-refractivity contribution >= 4 is 0 Å². The Kier molecular flexibility index (Phi) is 5.93. The number of nitrogens with zero attached hydrogens (tertiary/aromatic N) is 2. The van der Waals surface area contributed by atoms with E-state index >= 15 is 0 Å². The number of rotatable bonds is 4. The third kappa shape index (κ3) is 4.22. The van der Waals surface area contributed by atoms with Gasteiger partial charge in [0.2, 0.25) is 0 Å². The van der Waals surface area contributed by atoms with Gasteiger partial charge in [0.05, 0.1) is 0 Å². The van der Waals surface area contributed by atoms with Crippen LogP contribution in [0.5, 0.6) is 0 Å². The molecule has 2 aliphatic rings. The Morgan fingerprint density at radius 3 is 2.50 bits per heavy atom. The van der Waals surface area contributed by atoms with Crippen molar-refractivity contribution in [3.05, 3.63) is 0 Å². The third-order valence-corrected chi connectivity index (χ3v) is 4.54. The van der Waals surface area contributed by atoms with E-state index in [1.165, 1.54) is 71.5 Å². The molecule has 0 spiro atoms. The molecule has 0 aromatic rings.